The first-order valence-electron chi connectivity index (χ1n) is 7.81. The molecule has 6 nitrogen and oxygen atoms in total. The number of carbonyl (C=O) groups excluding carboxylic acids is 1. The summed E-state index contributed by atoms with van der Waals surface area (Å²) in [5, 5.41) is 8.05. The second-order valence-corrected chi connectivity index (χ2v) is 5.52. The van der Waals surface area contributed by atoms with E-state index in [0.29, 0.717) is 24.4 Å². The molecule has 2 heterocycles. The lowest BCUT2D eigenvalue weighted by Gasteiger charge is -2.15. The number of carbonyl (C=O) groups is 1. The number of hydrogen-bond acceptors (Lipinski definition) is 6. The van der Waals surface area contributed by atoms with Gasteiger partial charge in [-0.2, -0.15) is 0 Å². The number of anilines is 1. The number of rotatable bonds is 5. The van der Waals surface area contributed by atoms with Crippen LogP contribution in [0.1, 0.15) is 34.1 Å². The minimum atomic E-state index is -0.396. The number of aryl methyl sites for hydroxylation is 2. The van der Waals surface area contributed by atoms with Crippen LogP contribution >= 0.6 is 0 Å². The van der Waals surface area contributed by atoms with E-state index < -0.39 is 5.97 Å². The highest BCUT2D eigenvalue weighted by Gasteiger charge is 2.18. The fraction of sp³-hybridized carbons (Fsp3) is 0.278. The highest BCUT2D eigenvalue weighted by molar-refractivity contribution is 6.05. The van der Waals surface area contributed by atoms with Crippen molar-refractivity contribution in [1.82, 2.24) is 10.1 Å². The maximum atomic E-state index is 12.3. The Kier molecular flexibility index (Phi) is 4.46. The second-order valence-electron chi connectivity index (χ2n) is 5.52. The zero-order chi connectivity index (χ0) is 17.1. The van der Waals surface area contributed by atoms with Crippen LogP contribution in [0.25, 0.3) is 10.9 Å². The van der Waals surface area contributed by atoms with Gasteiger partial charge in [-0.25, -0.2) is 4.79 Å². The predicted octanol–water partition coefficient (Wildman–Crippen LogP) is 3.63. The van der Waals surface area contributed by atoms with Crippen LogP contribution in [0.5, 0.6) is 0 Å². The molecule has 0 bridgehead atoms. The van der Waals surface area contributed by atoms with E-state index in [0.717, 1.165) is 27.7 Å². The first-order chi connectivity index (χ1) is 11.6. The van der Waals surface area contributed by atoms with E-state index in [1.807, 2.05) is 26.0 Å². The van der Waals surface area contributed by atoms with Crippen LogP contribution in [0.4, 0.5) is 5.69 Å². The molecule has 0 aliphatic carbocycles. The molecule has 3 aromatic rings. The lowest BCUT2D eigenvalue weighted by molar-refractivity contribution is 0.0527. The Morgan fingerprint density at radius 2 is 2.12 bits per heavy atom. The Morgan fingerprint density at radius 1 is 1.29 bits per heavy atom. The van der Waals surface area contributed by atoms with Gasteiger partial charge in [0.15, 0.2) is 0 Å². The van der Waals surface area contributed by atoms with Gasteiger partial charge in [0, 0.05) is 17.6 Å². The SMILES string of the molecule is CCOC(=O)c1cnc2c(C)c(C)ccc2c1NCc1ccon1. The average Bonchev–Trinajstić information content (AvgIpc) is 3.09. The van der Waals surface area contributed by atoms with Crippen molar-refractivity contribution in [3.05, 3.63) is 53.0 Å². The first-order valence-corrected chi connectivity index (χ1v) is 7.81. The lowest BCUT2D eigenvalue weighted by Crippen LogP contribution is -2.11. The predicted molar refractivity (Wildman–Crippen MR) is 91.0 cm³/mol. The molecule has 0 amide bonds. The van der Waals surface area contributed by atoms with Gasteiger partial charge < -0.3 is 14.6 Å². The number of aromatic nitrogens is 2. The van der Waals surface area contributed by atoms with Crippen molar-refractivity contribution in [2.45, 2.75) is 27.3 Å². The van der Waals surface area contributed by atoms with Gasteiger partial charge in [0.2, 0.25) is 0 Å². The fourth-order valence-corrected chi connectivity index (χ4v) is 2.57. The van der Waals surface area contributed by atoms with Crippen LogP contribution in [-0.2, 0) is 11.3 Å². The number of nitrogens with zero attached hydrogens (tertiary/aromatic N) is 2. The topological polar surface area (TPSA) is 77.2 Å². The number of esters is 1. The van der Waals surface area contributed by atoms with E-state index in [1.54, 1.807) is 19.2 Å². The van der Waals surface area contributed by atoms with Crippen LogP contribution in [0, 0.1) is 13.8 Å². The molecule has 6 heteroatoms. The van der Waals surface area contributed by atoms with Gasteiger partial charge in [-0.1, -0.05) is 17.3 Å². The molecule has 1 aromatic carbocycles. The zero-order valence-corrected chi connectivity index (χ0v) is 13.9. The molecule has 3 rings (SSSR count). The minimum Gasteiger partial charge on any atom is -0.462 e. The summed E-state index contributed by atoms with van der Waals surface area (Å²) in [6.45, 7) is 6.60. The molecule has 1 N–H and O–H groups in total. The van der Waals surface area contributed by atoms with Gasteiger partial charge in [-0.3, -0.25) is 4.98 Å². The number of hydrogen-bond donors (Lipinski definition) is 1. The standard InChI is InChI=1S/C18H19N3O3/c1-4-23-18(22)15-10-20-16-12(3)11(2)5-6-14(16)17(15)19-9-13-7-8-24-21-13/h5-8,10H,4,9H2,1-3H3,(H,19,20). The summed E-state index contributed by atoms with van der Waals surface area (Å²) in [4.78, 5) is 16.8. The van der Waals surface area contributed by atoms with E-state index >= 15 is 0 Å². The van der Waals surface area contributed by atoms with Gasteiger partial charge in [-0.05, 0) is 31.9 Å². The van der Waals surface area contributed by atoms with Gasteiger partial charge in [0.1, 0.15) is 17.5 Å². The monoisotopic (exact) mass is 325 g/mol. The van der Waals surface area contributed by atoms with E-state index in [-0.39, 0.29) is 0 Å². The summed E-state index contributed by atoms with van der Waals surface area (Å²) in [5.74, 6) is -0.396. The third kappa shape index (κ3) is 2.95. The van der Waals surface area contributed by atoms with E-state index in [4.69, 9.17) is 9.26 Å². The van der Waals surface area contributed by atoms with Crippen molar-refractivity contribution >= 4 is 22.6 Å². The number of benzene rings is 1. The Hall–Kier alpha value is -2.89. The Morgan fingerprint density at radius 3 is 2.83 bits per heavy atom. The molecule has 0 saturated carbocycles. The van der Waals surface area contributed by atoms with Crippen LogP contribution in [0.3, 0.4) is 0 Å². The fourth-order valence-electron chi connectivity index (χ4n) is 2.57. The number of pyridine rings is 1. The molecule has 0 radical (unpaired) electrons. The van der Waals surface area contributed by atoms with Crippen molar-refractivity contribution in [2.75, 3.05) is 11.9 Å². The summed E-state index contributed by atoms with van der Waals surface area (Å²) in [7, 11) is 0. The Labute approximate surface area is 139 Å². The van der Waals surface area contributed by atoms with Crippen molar-refractivity contribution < 1.29 is 14.1 Å². The number of ether oxygens (including phenoxy) is 1. The summed E-state index contributed by atoms with van der Waals surface area (Å²) in [6.07, 6.45) is 3.08. The summed E-state index contributed by atoms with van der Waals surface area (Å²) < 4.78 is 10.0. The van der Waals surface area contributed by atoms with Crippen LogP contribution in [0.15, 0.2) is 35.2 Å². The Bertz CT molecular complexity index is 873. The molecule has 124 valence electrons. The van der Waals surface area contributed by atoms with Crippen LogP contribution < -0.4 is 5.32 Å². The maximum absolute atomic E-state index is 12.3. The molecule has 24 heavy (non-hydrogen) atoms. The molecule has 0 aliphatic heterocycles. The van der Waals surface area contributed by atoms with Crippen molar-refractivity contribution in [2.24, 2.45) is 0 Å². The van der Waals surface area contributed by atoms with Crippen LogP contribution in [0.2, 0.25) is 0 Å². The average molecular weight is 325 g/mol. The molecule has 0 fully saturated rings. The van der Waals surface area contributed by atoms with Gasteiger partial charge >= 0.3 is 5.97 Å². The smallest absolute Gasteiger partial charge is 0.341 e. The van der Waals surface area contributed by atoms with Crippen molar-refractivity contribution in [3.8, 4) is 0 Å². The number of fused-ring (bicyclic) bond motifs is 1. The van der Waals surface area contributed by atoms with E-state index in [2.05, 4.69) is 15.5 Å². The summed E-state index contributed by atoms with van der Waals surface area (Å²) in [6, 6.07) is 5.77. The van der Waals surface area contributed by atoms with E-state index in [9.17, 15) is 4.79 Å². The second kappa shape index (κ2) is 6.70. The van der Waals surface area contributed by atoms with E-state index in [1.165, 1.54) is 6.26 Å². The quantitative estimate of drug-likeness (QED) is 0.722. The maximum Gasteiger partial charge on any atom is 0.341 e. The summed E-state index contributed by atoms with van der Waals surface area (Å²) >= 11 is 0. The highest BCUT2D eigenvalue weighted by atomic mass is 16.5. The van der Waals surface area contributed by atoms with Crippen molar-refractivity contribution in [1.29, 1.82) is 0 Å². The largest absolute Gasteiger partial charge is 0.462 e. The third-order valence-corrected chi connectivity index (χ3v) is 4.00. The molecule has 0 spiro atoms. The highest BCUT2D eigenvalue weighted by Crippen LogP contribution is 2.30. The minimum absolute atomic E-state index is 0.312. The molecule has 0 saturated heterocycles. The third-order valence-electron chi connectivity index (χ3n) is 4.00. The van der Waals surface area contributed by atoms with Gasteiger partial charge in [0.25, 0.3) is 0 Å². The molecular formula is C18H19N3O3. The molecule has 0 atom stereocenters. The first kappa shape index (κ1) is 16.0. The zero-order valence-electron chi connectivity index (χ0n) is 13.9. The number of nitrogens with one attached hydrogen (secondary N) is 1. The normalized spacial score (nSPS) is 10.8. The van der Waals surface area contributed by atoms with Crippen molar-refractivity contribution in [3.63, 3.8) is 0 Å². The summed E-state index contributed by atoms with van der Waals surface area (Å²) in [5.41, 5.74) is 4.97. The molecule has 0 unspecified atom stereocenters. The Balaban J connectivity index is 2.10. The molecule has 0 aliphatic rings. The molecular weight excluding hydrogens is 306 g/mol. The lowest BCUT2D eigenvalue weighted by atomic mass is 10.0. The van der Waals surface area contributed by atoms with Crippen LogP contribution in [-0.4, -0.2) is 22.7 Å². The van der Waals surface area contributed by atoms with Gasteiger partial charge in [0.05, 0.1) is 24.4 Å². The van der Waals surface area contributed by atoms with Gasteiger partial charge in [-0.15, -0.1) is 0 Å². The molecule has 2 aromatic heterocycles.